The predicted octanol–water partition coefficient (Wildman–Crippen LogP) is 4.92. The molecule has 1 aromatic carbocycles. The molecule has 0 amide bonds. The molecule has 0 spiro atoms. The normalized spacial score (nSPS) is 12.7. The Bertz CT molecular complexity index is 542. The van der Waals surface area contributed by atoms with Crippen molar-refractivity contribution < 1.29 is 4.39 Å². The highest BCUT2D eigenvalue weighted by Gasteiger charge is 2.12. The van der Waals surface area contributed by atoms with Gasteiger partial charge in [-0.3, -0.25) is 0 Å². The maximum atomic E-state index is 13.2. The van der Waals surface area contributed by atoms with Gasteiger partial charge in [-0.15, -0.1) is 11.3 Å². The van der Waals surface area contributed by atoms with Crippen molar-refractivity contribution in [3.05, 3.63) is 54.8 Å². The number of halogens is 3. The van der Waals surface area contributed by atoms with Crippen molar-refractivity contribution in [2.45, 2.75) is 12.5 Å². The third-order valence-electron chi connectivity index (χ3n) is 2.76. The molecule has 0 aliphatic heterocycles. The van der Waals surface area contributed by atoms with Crippen molar-refractivity contribution in [1.29, 1.82) is 0 Å². The first kappa shape index (κ1) is 14.2. The molecular formula is C13H12Br2FNS. The summed E-state index contributed by atoms with van der Waals surface area (Å²) in [5, 5.41) is 5.42. The molecule has 0 aliphatic rings. The van der Waals surface area contributed by atoms with E-state index in [1.165, 1.54) is 11.6 Å². The van der Waals surface area contributed by atoms with Crippen LogP contribution in [0.1, 0.15) is 17.2 Å². The van der Waals surface area contributed by atoms with Crippen LogP contribution >= 0.6 is 43.2 Å². The standard InChI is InChI=1S/C13H12Br2FNS/c1-17-12(9-6-13(15)18-7-9)5-8-2-3-11(16)10(14)4-8/h2-4,6-7,12,17H,5H2,1H3. The molecule has 1 N–H and O–H groups in total. The summed E-state index contributed by atoms with van der Waals surface area (Å²) in [4.78, 5) is 0. The van der Waals surface area contributed by atoms with Crippen LogP contribution in [0.4, 0.5) is 4.39 Å². The zero-order valence-electron chi connectivity index (χ0n) is 9.71. The van der Waals surface area contributed by atoms with Crippen molar-refractivity contribution in [2.75, 3.05) is 7.05 Å². The lowest BCUT2D eigenvalue weighted by molar-refractivity contribution is 0.589. The van der Waals surface area contributed by atoms with Crippen molar-refractivity contribution in [2.24, 2.45) is 0 Å². The van der Waals surface area contributed by atoms with E-state index < -0.39 is 0 Å². The van der Waals surface area contributed by atoms with Gasteiger partial charge in [-0.05, 0) is 80.0 Å². The van der Waals surface area contributed by atoms with Crippen LogP contribution in [-0.4, -0.2) is 7.05 Å². The van der Waals surface area contributed by atoms with Crippen molar-refractivity contribution in [3.63, 3.8) is 0 Å². The molecule has 1 aromatic heterocycles. The van der Waals surface area contributed by atoms with Crippen LogP contribution in [0.3, 0.4) is 0 Å². The van der Waals surface area contributed by atoms with Crippen LogP contribution < -0.4 is 5.32 Å². The quantitative estimate of drug-likeness (QED) is 0.778. The fourth-order valence-corrected chi connectivity index (χ4v) is 3.45. The van der Waals surface area contributed by atoms with Crippen LogP contribution in [0.25, 0.3) is 0 Å². The van der Waals surface area contributed by atoms with Crippen LogP contribution in [0.5, 0.6) is 0 Å². The third kappa shape index (κ3) is 3.41. The Labute approximate surface area is 127 Å². The van der Waals surface area contributed by atoms with E-state index in [2.05, 4.69) is 48.6 Å². The van der Waals surface area contributed by atoms with Gasteiger partial charge in [0, 0.05) is 6.04 Å². The predicted molar refractivity (Wildman–Crippen MR) is 81.6 cm³/mol. The zero-order valence-corrected chi connectivity index (χ0v) is 13.7. The molecule has 0 saturated carbocycles. The van der Waals surface area contributed by atoms with Crippen LogP contribution in [0.15, 0.2) is 37.9 Å². The number of rotatable bonds is 4. The minimum Gasteiger partial charge on any atom is -0.313 e. The molecule has 18 heavy (non-hydrogen) atoms. The first-order valence-electron chi connectivity index (χ1n) is 5.45. The zero-order chi connectivity index (χ0) is 13.1. The van der Waals surface area contributed by atoms with Gasteiger partial charge in [-0.2, -0.15) is 0 Å². The Hall–Kier alpha value is -0.230. The molecule has 2 aromatic rings. The van der Waals surface area contributed by atoms with Gasteiger partial charge in [0.05, 0.1) is 8.26 Å². The van der Waals surface area contributed by atoms with Gasteiger partial charge in [-0.25, -0.2) is 4.39 Å². The van der Waals surface area contributed by atoms with Gasteiger partial charge in [0.15, 0.2) is 0 Å². The largest absolute Gasteiger partial charge is 0.313 e. The smallest absolute Gasteiger partial charge is 0.137 e. The maximum absolute atomic E-state index is 13.2. The first-order valence-corrected chi connectivity index (χ1v) is 7.92. The lowest BCUT2D eigenvalue weighted by atomic mass is 10.0. The van der Waals surface area contributed by atoms with E-state index in [1.54, 1.807) is 11.3 Å². The van der Waals surface area contributed by atoms with E-state index in [1.807, 2.05) is 19.2 Å². The van der Waals surface area contributed by atoms with Crippen molar-refractivity contribution in [1.82, 2.24) is 5.32 Å². The number of hydrogen-bond donors (Lipinski definition) is 1. The van der Waals surface area contributed by atoms with E-state index in [0.29, 0.717) is 4.47 Å². The van der Waals surface area contributed by atoms with Gasteiger partial charge in [0.25, 0.3) is 0 Å². The summed E-state index contributed by atoms with van der Waals surface area (Å²) in [5.41, 5.74) is 2.35. The molecule has 1 atom stereocenters. The lowest BCUT2D eigenvalue weighted by Gasteiger charge is -2.15. The Balaban J connectivity index is 2.17. The molecule has 0 saturated heterocycles. The SMILES string of the molecule is CNC(Cc1ccc(F)c(Br)c1)c1csc(Br)c1. The molecule has 2 rings (SSSR count). The van der Waals surface area contributed by atoms with Crippen LogP contribution in [-0.2, 0) is 6.42 Å². The summed E-state index contributed by atoms with van der Waals surface area (Å²) in [6, 6.07) is 7.51. The Morgan fingerprint density at radius 1 is 1.33 bits per heavy atom. The average Bonchev–Trinajstić information content (AvgIpc) is 2.77. The molecule has 0 aliphatic carbocycles. The Morgan fingerprint density at radius 3 is 2.67 bits per heavy atom. The van der Waals surface area contributed by atoms with Gasteiger partial charge in [0.1, 0.15) is 5.82 Å². The Kier molecular flexibility index (Phi) is 4.95. The van der Waals surface area contributed by atoms with Crippen molar-refractivity contribution in [3.8, 4) is 0 Å². The molecule has 96 valence electrons. The molecular weight excluding hydrogens is 381 g/mol. The molecule has 0 bridgehead atoms. The van der Waals surface area contributed by atoms with Gasteiger partial charge in [0.2, 0.25) is 0 Å². The molecule has 0 fully saturated rings. The fraction of sp³-hybridized carbons (Fsp3) is 0.231. The summed E-state index contributed by atoms with van der Waals surface area (Å²) < 4.78 is 14.8. The fourth-order valence-electron chi connectivity index (χ4n) is 1.80. The summed E-state index contributed by atoms with van der Waals surface area (Å²) in [6.45, 7) is 0. The summed E-state index contributed by atoms with van der Waals surface area (Å²) in [6.07, 6.45) is 0.832. The van der Waals surface area contributed by atoms with Crippen LogP contribution in [0, 0.1) is 5.82 Å². The van der Waals surface area contributed by atoms with E-state index in [-0.39, 0.29) is 11.9 Å². The number of nitrogens with one attached hydrogen (secondary N) is 1. The highest BCUT2D eigenvalue weighted by molar-refractivity contribution is 9.11. The van der Waals surface area contributed by atoms with E-state index in [4.69, 9.17) is 0 Å². The third-order valence-corrected chi connectivity index (χ3v) is 4.89. The van der Waals surface area contributed by atoms with Crippen molar-refractivity contribution >= 4 is 43.2 Å². The van der Waals surface area contributed by atoms with E-state index in [0.717, 1.165) is 15.8 Å². The van der Waals surface area contributed by atoms with Gasteiger partial charge >= 0.3 is 0 Å². The van der Waals surface area contributed by atoms with E-state index in [9.17, 15) is 4.39 Å². The molecule has 1 unspecified atom stereocenters. The molecule has 1 heterocycles. The summed E-state index contributed by atoms with van der Waals surface area (Å²) in [7, 11) is 1.94. The highest BCUT2D eigenvalue weighted by Crippen LogP contribution is 2.28. The molecule has 5 heteroatoms. The topological polar surface area (TPSA) is 12.0 Å². The number of thiophene rings is 1. The molecule has 1 nitrogen and oxygen atoms in total. The summed E-state index contributed by atoms with van der Waals surface area (Å²) in [5.74, 6) is -0.224. The maximum Gasteiger partial charge on any atom is 0.137 e. The number of benzene rings is 1. The second-order valence-electron chi connectivity index (χ2n) is 3.98. The van der Waals surface area contributed by atoms with Gasteiger partial charge < -0.3 is 5.32 Å². The average molecular weight is 393 g/mol. The number of hydrogen-bond acceptors (Lipinski definition) is 2. The van der Waals surface area contributed by atoms with E-state index >= 15 is 0 Å². The summed E-state index contributed by atoms with van der Waals surface area (Å²) >= 11 is 8.36. The number of likely N-dealkylation sites (N-methyl/N-ethyl adjacent to an activating group) is 1. The minimum absolute atomic E-state index is 0.224. The lowest BCUT2D eigenvalue weighted by Crippen LogP contribution is -2.18. The molecule has 0 radical (unpaired) electrons. The van der Waals surface area contributed by atoms with Crippen LogP contribution in [0.2, 0.25) is 0 Å². The first-order chi connectivity index (χ1) is 8.60. The monoisotopic (exact) mass is 391 g/mol. The second-order valence-corrected chi connectivity index (χ2v) is 7.12. The second kappa shape index (κ2) is 6.28. The Morgan fingerprint density at radius 2 is 2.11 bits per heavy atom. The highest BCUT2D eigenvalue weighted by atomic mass is 79.9. The minimum atomic E-state index is -0.224. The van der Waals surface area contributed by atoms with Gasteiger partial charge in [-0.1, -0.05) is 6.07 Å².